The van der Waals surface area contributed by atoms with Crippen LogP contribution in [0.2, 0.25) is 0 Å². The first-order chi connectivity index (χ1) is 11.0. The second-order valence-electron chi connectivity index (χ2n) is 5.09. The van der Waals surface area contributed by atoms with Gasteiger partial charge in [-0.3, -0.25) is 0 Å². The lowest BCUT2D eigenvalue weighted by molar-refractivity contribution is -0.137. The van der Waals surface area contributed by atoms with Crippen LogP contribution in [0.3, 0.4) is 0 Å². The Morgan fingerprint density at radius 1 is 1.09 bits per heavy atom. The van der Waals surface area contributed by atoms with Crippen molar-refractivity contribution in [2.75, 3.05) is 25.0 Å². The molecule has 1 aliphatic heterocycles. The van der Waals surface area contributed by atoms with E-state index in [1.165, 1.54) is 12.1 Å². The highest BCUT2D eigenvalue weighted by molar-refractivity contribution is 5.58. The molecule has 0 unspecified atom stereocenters. The molecule has 122 valence electrons. The minimum Gasteiger partial charge on any atom is -0.368 e. The van der Waals surface area contributed by atoms with Crippen LogP contribution in [0.15, 0.2) is 36.7 Å². The van der Waals surface area contributed by atoms with E-state index in [1.54, 1.807) is 12.4 Å². The van der Waals surface area contributed by atoms with Crippen molar-refractivity contribution in [1.29, 1.82) is 0 Å². The summed E-state index contributed by atoms with van der Waals surface area (Å²) in [6.45, 7) is 2.08. The molecule has 2 N–H and O–H groups in total. The first-order valence-electron chi connectivity index (χ1n) is 7.11. The SMILES string of the molecule is FC(F)(F)c1ccc(Nc2cnc([C@H]3CNCCO3)nc2)cc1. The number of ether oxygens (including phenoxy) is 1. The lowest BCUT2D eigenvalue weighted by Gasteiger charge is -2.22. The number of alkyl halides is 3. The summed E-state index contributed by atoms with van der Waals surface area (Å²) >= 11 is 0. The molecule has 0 aliphatic carbocycles. The van der Waals surface area contributed by atoms with Gasteiger partial charge < -0.3 is 15.4 Å². The smallest absolute Gasteiger partial charge is 0.368 e. The molecule has 8 heteroatoms. The molecular weight excluding hydrogens is 309 g/mol. The van der Waals surface area contributed by atoms with E-state index in [4.69, 9.17) is 4.74 Å². The average Bonchev–Trinajstić information content (AvgIpc) is 2.56. The Kier molecular flexibility index (Phi) is 4.44. The van der Waals surface area contributed by atoms with Crippen LogP contribution in [0.5, 0.6) is 0 Å². The van der Waals surface area contributed by atoms with Gasteiger partial charge in [-0.15, -0.1) is 0 Å². The second-order valence-corrected chi connectivity index (χ2v) is 5.09. The molecule has 0 radical (unpaired) electrons. The van der Waals surface area contributed by atoms with Crippen LogP contribution >= 0.6 is 0 Å². The van der Waals surface area contributed by atoms with E-state index in [1.807, 2.05) is 0 Å². The van der Waals surface area contributed by atoms with E-state index in [-0.39, 0.29) is 6.10 Å². The van der Waals surface area contributed by atoms with Crippen LogP contribution in [0.25, 0.3) is 0 Å². The van der Waals surface area contributed by atoms with Crippen LogP contribution in [-0.2, 0) is 10.9 Å². The predicted octanol–water partition coefficient (Wildman–Crippen LogP) is 2.90. The highest BCUT2D eigenvalue weighted by Gasteiger charge is 2.29. The Morgan fingerprint density at radius 2 is 1.78 bits per heavy atom. The highest BCUT2D eigenvalue weighted by atomic mass is 19.4. The number of anilines is 2. The number of halogens is 3. The van der Waals surface area contributed by atoms with E-state index in [0.29, 0.717) is 30.4 Å². The second kappa shape index (κ2) is 6.51. The molecule has 1 aromatic heterocycles. The Labute approximate surface area is 130 Å². The molecule has 0 spiro atoms. The standard InChI is InChI=1S/C15H15F3N4O/c16-15(17,18)10-1-3-11(4-2-10)22-12-7-20-14(21-8-12)13-9-19-5-6-23-13/h1-4,7-8,13,19,22H,5-6,9H2/t13-/m1/s1. The van der Waals surface area contributed by atoms with Gasteiger partial charge in [-0.25, -0.2) is 9.97 Å². The lowest BCUT2D eigenvalue weighted by Crippen LogP contribution is -2.34. The maximum absolute atomic E-state index is 12.5. The maximum Gasteiger partial charge on any atom is 0.416 e. The third kappa shape index (κ3) is 3.96. The summed E-state index contributed by atoms with van der Waals surface area (Å²) in [5.41, 5.74) is 0.443. The van der Waals surface area contributed by atoms with Gasteiger partial charge in [-0.2, -0.15) is 13.2 Å². The van der Waals surface area contributed by atoms with Crippen molar-refractivity contribution in [3.63, 3.8) is 0 Å². The van der Waals surface area contributed by atoms with Crippen LogP contribution < -0.4 is 10.6 Å². The maximum atomic E-state index is 12.5. The van der Waals surface area contributed by atoms with Gasteiger partial charge in [0.05, 0.1) is 30.3 Å². The van der Waals surface area contributed by atoms with Crippen molar-refractivity contribution in [3.05, 3.63) is 48.0 Å². The molecule has 0 bridgehead atoms. The Morgan fingerprint density at radius 3 is 2.35 bits per heavy atom. The average molecular weight is 324 g/mol. The van der Waals surface area contributed by atoms with Crippen LogP contribution in [0.4, 0.5) is 24.5 Å². The number of benzene rings is 1. The molecular formula is C15H15F3N4O. The summed E-state index contributed by atoms with van der Waals surface area (Å²) in [4.78, 5) is 8.47. The van der Waals surface area contributed by atoms with E-state index in [0.717, 1.165) is 18.7 Å². The van der Waals surface area contributed by atoms with Gasteiger partial charge in [0.25, 0.3) is 0 Å². The fraction of sp³-hybridized carbons (Fsp3) is 0.333. The van der Waals surface area contributed by atoms with Gasteiger partial charge in [0, 0.05) is 18.8 Å². The number of nitrogens with zero attached hydrogens (tertiary/aromatic N) is 2. The first kappa shape index (κ1) is 15.7. The summed E-state index contributed by atoms with van der Waals surface area (Å²) in [6, 6.07) is 4.79. The summed E-state index contributed by atoms with van der Waals surface area (Å²) in [6.07, 6.45) is -1.35. The molecule has 1 atom stereocenters. The number of rotatable bonds is 3. The summed E-state index contributed by atoms with van der Waals surface area (Å²) in [5.74, 6) is 0.579. The van der Waals surface area contributed by atoms with Crippen LogP contribution in [-0.4, -0.2) is 29.7 Å². The highest BCUT2D eigenvalue weighted by Crippen LogP contribution is 2.30. The molecule has 2 heterocycles. The van der Waals surface area contributed by atoms with E-state index >= 15 is 0 Å². The fourth-order valence-corrected chi connectivity index (χ4v) is 2.21. The Bertz CT molecular complexity index is 637. The third-order valence-corrected chi connectivity index (χ3v) is 3.39. The Balaban J connectivity index is 1.66. The van der Waals surface area contributed by atoms with Gasteiger partial charge in [0.1, 0.15) is 6.10 Å². The van der Waals surface area contributed by atoms with Crippen molar-refractivity contribution in [1.82, 2.24) is 15.3 Å². The van der Waals surface area contributed by atoms with Crippen molar-refractivity contribution in [2.24, 2.45) is 0 Å². The van der Waals surface area contributed by atoms with Crippen molar-refractivity contribution < 1.29 is 17.9 Å². The van der Waals surface area contributed by atoms with E-state index in [2.05, 4.69) is 20.6 Å². The number of hydrogen-bond acceptors (Lipinski definition) is 5. The van der Waals surface area contributed by atoms with Gasteiger partial charge in [0.2, 0.25) is 0 Å². The zero-order valence-corrected chi connectivity index (χ0v) is 12.1. The molecule has 5 nitrogen and oxygen atoms in total. The number of aromatic nitrogens is 2. The molecule has 1 aliphatic rings. The topological polar surface area (TPSA) is 59.1 Å². The first-order valence-corrected chi connectivity index (χ1v) is 7.11. The quantitative estimate of drug-likeness (QED) is 0.909. The molecule has 0 amide bonds. The van der Waals surface area contributed by atoms with Crippen LogP contribution in [0, 0.1) is 0 Å². The normalized spacial score (nSPS) is 18.7. The minimum absolute atomic E-state index is 0.177. The fourth-order valence-electron chi connectivity index (χ4n) is 2.21. The van der Waals surface area contributed by atoms with Gasteiger partial charge in [-0.05, 0) is 24.3 Å². The molecule has 1 aromatic carbocycles. The molecule has 2 aromatic rings. The van der Waals surface area contributed by atoms with Crippen molar-refractivity contribution in [3.8, 4) is 0 Å². The monoisotopic (exact) mass is 324 g/mol. The molecule has 23 heavy (non-hydrogen) atoms. The molecule has 1 saturated heterocycles. The number of hydrogen-bond donors (Lipinski definition) is 2. The summed E-state index contributed by atoms with van der Waals surface area (Å²) < 4.78 is 43.1. The summed E-state index contributed by atoms with van der Waals surface area (Å²) in [5, 5.41) is 6.16. The summed E-state index contributed by atoms with van der Waals surface area (Å²) in [7, 11) is 0. The zero-order valence-electron chi connectivity index (χ0n) is 12.1. The number of morpholine rings is 1. The third-order valence-electron chi connectivity index (χ3n) is 3.39. The lowest BCUT2D eigenvalue weighted by atomic mass is 10.2. The minimum atomic E-state index is -4.34. The van der Waals surface area contributed by atoms with Crippen molar-refractivity contribution in [2.45, 2.75) is 12.3 Å². The van der Waals surface area contributed by atoms with E-state index in [9.17, 15) is 13.2 Å². The largest absolute Gasteiger partial charge is 0.416 e. The zero-order chi connectivity index (χ0) is 16.3. The van der Waals surface area contributed by atoms with Gasteiger partial charge in [0.15, 0.2) is 5.82 Å². The molecule has 1 fully saturated rings. The van der Waals surface area contributed by atoms with Gasteiger partial charge >= 0.3 is 6.18 Å². The predicted molar refractivity (Wildman–Crippen MR) is 78.3 cm³/mol. The Hall–Kier alpha value is -2.19. The van der Waals surface area contributed by atoms with Crippen molar-refractivity contribution >= 4 is 11.4 Å². The number of nitrogens with one attached hydrogen (secondary N) is 2. The van der Waals surface area contributed by atoms with E-state index < -0.39 is 11.7 Å². The van der Waals surface area contributed by atoms with Gasteiger partial charge in [-0.1, -0.05) is 0 Å². The molecule has 0 saturated carbocycles. The molecule has 3 rings (SSSR count). The van der Waals surface area contributed by atoms with Crippen LogP contribution in [0.1, 0.15) is 17.5 Å².